The number of nitrogens with zero attached hydrogens (tertiary/aromatic N) is 2. The minimum atomic E-state index is -0.481. The zero-order valence-corrected chi connectivity index (χ0v) is 14.5. The molecule has 124 valence electrons. The Balaban J connectivity index is 2.01. The van der Waals surface area contributed by atoms with E-state index < -0.39 is 11.8 Å². The fourth-order valence-electron chi connectivity index (χ4n) is 2.49. The molecule has 0 bridgehead atoms. The minimum absolute atomic E-state index is 0.219. The Morgan fingerprint density at radius 1 is 1.26 bits per heavy atom. The van der Waals surface area contributed by atoms with Crippen LogP contribution in [0.4, 0.5) is 0 Å². The Morgan fingerprint density at radius 3 is 2.61 bits per heavy atom. The number of amides is 2. The number of thiol groups is 1. The summed E-state index contributed by atoms with van der Waals surface area (Å²) in [6.07, 6.45) is 1.68. The summed E-state index contributed by atoms with van der Waals surface area (Å²) in [6, 6.07) is 8.03. The zero-order valence-electron chi connectivity index (χ0n) is 13.6. The maximum atomic E-state index is 11.7. The normalized spacial score (nSPS) is 17.1. The molecule has 1 saturated heterocycles. The van der Waals surface area contributed by atoms with Crippen molar-refractivity contribution in [2.24, 2.45) is 0 Å². The van der Waals surface area contributed by atoms with Crippen molar-refractivity contribution in [1.29, 1.82) is 0 Å². The number of benzene rings is 1. The molecule has 1 aromatic rings. The molecule has 6 heteroatoms. The Labute approximate surface area is 142 Å². The number of nitrogens with one attached hydrogen (secondary N) is 1. The molecule has 0 radical (unpaired) electrons. The quantitative estimate of drug-likeness (QED) is 0.645. The summed E-state index contributed by atoms with van der Waals surface area (Å²) in [5.74, 6) is -0.871. The second kappa shape index (κ2) is 8.29. The van der Waals surface area contributed by atoms with Crippen LogP contribution in [0.1, 0.15) is 18.1 Å². The van der Waals surface area contributed by atoms with E-state index in [2.05, 4.69) is 46.9 Å². The maximum Gasteiger partial charge on any atom is 0.263 e. The lowest BCUT2D eigenvalue weighted by atomic mass is 10.1. The second-order valence-corrected chi connectivity index (χ2v) is 6.35. The number of hydrogen-bond donors (Lipinski definition) is 2. The summed E-state index contributed by atoms with van der Waals surface area (Å²) in [4.78, 5) is 27.6. The lowest BCUT2D eigenvalue weighted by molar-refractivity contribution is -0.126. The van der Waals surface area contributed by atoms with Crippen molar-refractivity contribution in [2.45, 2.75) is 13.5 Å². The summed E-state index contributed by atoms with van der Waals surface area (Å²) in [5, 5.41) is 2.21. The Kier molecular flexibility index (Phi) is 6.38. The van der Waals surface area contributed by atoms with Crippen molar-refractivity contribution >= 4 is 30.5 Å². The third-order valence-electron chi connectivity index (χ3n) is 3.78. The highest BCUT2D eigenvalue weighted by molar-refractivity contribution is 7.85. The number of hydrogen-bond acceptors (Lipinski definition) is 5. The number of likely N-dealkylation sites (N-methyl/N-ethyl adjacent to an activating group) is 1. The topological polar surface area (TPSA) is 52.7 Å². The molecular formula is C17H23N3O2S. The number of piperazine rings is 1. The molecule has 0 unspecified atom stereocenters. The van der Waals surface area contributed by atoms with Gasteiger partial charge in [0.05, 0.1) is 4.91 Å². The highest BCUT2D eigenvalue weighted by Gasteiger charge is 2.14. The number of carbonyl (C=O) groups excluding carboxylic acids is 2. The van der Waals surface area contributed by atoms with E-state index in [4.69, 9.17) is 0 Å². The van der Waals surface area contributed by atoms with Crippen LogP contribution in [-0.2, 0) is 16.1 Å². The van der Waals surface area contributed by atoms with Crippen LogP contribution >= 0.6 is 12.6 Å². The van der Waals surface area contributed by atoms with E-state index >= 15 is 0 Å². The van der Waals surface area contributed by atoms with Gasteiger partial charge in [-0.25, -0.2) is 0 Å². The van der Waals surface area contributed by atoms with E-state index in [1.165, 1.54) is 12.5 Å². The van der Waals surface area contributed by atoms with Gasteiger partial charge in [0.2, 0.25) is 5.91 Å². The van der Waals surface area contributed by atoms with E-state index in [0.717, 1.165) is 38.3 Å². The van der Waals surface area contributed by atoms with Crippen molar-refractivity contribution in [3.63, 3.8) is 0 Å². The van der Waals surface area contributed by atoms with Crippen molar-refractivity contribution in [3.8, 4) is 0 Å². The second-order valence-electron chi connectivity index (χ2n) is 5.86. The minimum Gasteiger partial charge on any atom is -0.304 e. The molecule has 0 aromatic heterocycles. The molecule has 5 nitrogen and oxygen atoms in total. The third-order valence-corrected chi connectivity index (χ3v) is 4.11. The highest BCUT2D eigenvalue weighted by Crippen LogP contribution is 2.14. The summed E-state index contributed by atoms with van der Waals surface area (Å²) in [7, 11) is 2.14. The molecule has 23 heavy (non-hydrogen) atoms. The predicted molar refractivity (Wildman–Crippen MR) is 95.0 cm³/mol. The molecule has 1 aliphatic rings. The predicted octanol–water partition coefficient (Wildman–Crippen LogP) is 1.37. The van der Waals surface area contributed by atoms with Gasteiger partial charge in [-0.1, -0.05) is 24.3 Å². The highest BCUT2D eigenvalue weighted by atomic mass is 32.1. The summed E-state index contributed by atoms with van der Waals surface area (Å²) in [6.45, 7) is 6.51. The Bertz CT molecular complexity index is 608. The summed E-state index contributed by atoms with van der Waals surface area (Å²) >= 11 is 4.17. The molecule has 1 aliphatic heterocycles. The molecule has 0 saturated carbocycles. The van der Waals surface area contributed by atoms with Gasteiger partial charge in [0.1, 0.15) is 0 Å². The molecule has 2 amide bonds. The molecule has 1 fully saturated rings. The van der Waals surface area contributed by atoms with Gasteiger partial charge in [-0.2, -0.15) is 0 Å². The van der Waals surface area contributed by atoms with Gasteiger partial charge in [0.15, 0.2) is 0 Å². The van der Waals surface area contributed by atoms with Crippen LogP contribution in [0.5, 0.6) is 0 Å². The molecule has 1 heterocycles. The number of imide groups is 1. The van der Waals surface area contributed by atoms with Crippen LogP contribution in [0.3, 0.4) is 0 Å². The van der Waals surface area contributed by atoms with Crippen molar-refractivity contribution in [2.75, 3.05) is 33.2 Å². The lowest BCUT2D eigenvalue weighted by Gasteiger charge is -2.32. The fourth-order valence-corrected chi connectivity index (χ4v) is 2.70. The first-order valence-corrected chi connectivity index (χ1v) is 8.11. The average molecular weight is 333 g/mol. The first kappa shape index (κ1) is 17.7. The summed E-state index contributed by atoms with van der Waals surface area (Å²) in [5.41, 5.74) is 2.11. The number of rotatable bonds is 4. The van der Waals surface area contributed by atoms with Crippen molar-refractivity contribution < 1.29 is 9.59 Å². The molecule has 0 atom stereocenters. The van der Waals surface area contributed by atoms with Gasteiger partial charge in [0.25, 0.3) is 5.91 Å². The Morgan fingerprint density at radius 2 is 1.96 bits per heavy atom. The average Bonchev–Trinajstić information content (AvgIpc) is 2.49. The van der Waals surface area contributed by atoms with Crippen molar-refractivity contribution in [1.82, 2.24) is 15.1 Å². The van der Waals surface area contributed by atoms with Crippen LogP contribution in [0.2, 0.25) is 0 Å². The first-order valence-electron chi connectivity index (χ1n) is 7.66. The molecule has 1 aromatic carbocycles. The van der Waals surface area contributed by atoms with Gasteiger partial charge in [-0.3, -0.25) is 19.8 Å². The number of carbonyl (C=O) groups is 2. The van der Waals surface area contributed by atoms with Crippen LogP contribution < -0.4 is 5.32 Å². The largest absolute Gasteiger partial charge is 0.304 e. The van der Waals surface area contributed by atoms with Gasteiger partial charge in [-0.05, 0) is 24.3 Å². The Hall–Kier alpha value is -1.63. The molecule has 2 rings (SSSR count). The zero-order chi connectivity index (χ0) is 16.8. The van der Waals surface area contributed by atoms with Crippen molar-refractivity contribution in [3.05, 3.63) is 40.3 Å². The van der Waals surface area contributed by atoms with E-state index in [-0.39, 0.29) is 4.91 Å². The molecular weight excluding hydrogens is 310 g/mol. The summed E-state index contributed by atoms with van der Waals surface area (Å²) < 4.78 is 0. The van der Waals surface area contributed by atoms with Crippen LogP contribution in [0.25, 0.3) is 6.08 Å². The van der Waals surface area contributed by atoms with E-state index in [9.17, 15) is 9.59 Å². The first-order chi connectivity index (χ1) is 10.9. The van der Waals surface area contributed by atoms with E-state index in [0.29, 0.717) is 0 Å². The SMILES string of the molecule is CC(=O)NC(=O)/C(S)=C/c1cccc(CN2CCN(C)CC2)c1. The van der Waals surface area contributed by atoms with Gasteiger partial charge in [0, 0.05) is 39.6 Å². The molecule has 1 N–H and O–H groups in total. The smallest absolute Gasteiger partial charge is 0.263 e. The standard InChI is InChI=1S/C17H23N3O2S/c1-13(21)18-17(22)16(23)11-14-4-3-5-15(10-14)12-20-8-6-19(2)7-9-20/h3-5,10-11,23H,6-9,12H2,1-2H3,(H,18,21,22)/b16-11-. The molecule has 0 spiro atoms. The molecule has 0 aliphatic carbocycles. The van der Waals surface area contributed by atoms with Gasteiger partial charge in [-0.15, -0.1) is 12.6 Å². The van der Waals surface area contributed by atoms with Gasteiger partial charge >= 0.3 is 0 Å². The van der Waals surface area contributed by atoms with E-state index in [1.54, 1.807) is 6.08 Å². The third kappa shape index (κ3) is 5.82. The monoisotopic (exact) mass is 333 g/mol. The van der Waals surface area contributed by atoms with Crippen LogP contribution in [-0.4, -0.2) is 54.8 Å². The van der Waals surface area contributed by atoms with Crippen LogP contribution in [0.15, 0.2) is 29.2 Å². The maximum absolute atomic E-state index is 11.7. The van der Waals surface area contributed by atoms with Crippen LogP contribution in [0, 0.1) is 0 Å². The van der Waals surface area contributed by atoms with Gasteiger partial charge < -0.3 is 4.90 Å². The van der Waals surface area contributed by atoms with E-state index in [1.807, 2.05) is 12.1 Å². The lowest BCUT2D eigenvalue weighted by Crippen LogP contribution is -2.43. The fraction of sp³-hybridized carbons (Fsp3) is 0.412.